The van der Waals surface area contributed by atoms with E-state index in [1.165, 1.54) is 7.11 Å². The molecule has 1 rings (SSSR count). The SMILES string of the molecule is CO[C](=O)[Sn][c]1ccccc1.O=C(O)CCCCCCC(=O)O. The van der Waals surface area contributed by atoms with Crippen molar-refractivity contribution in [3.63, 3.8) is 0 Å². The van der Waals surface area contributed by atoms with Crippen LogP contribution in [0.5, 0.6) is 0 Å². The second kappa shape index (κ2) is 14.0. The van der Waals surface area contributed by atoms with Gasteiger partial charge < -0.3 is 10.2 Å². The predicted octanol–water partition coefficient (Wildman–Crippen LogP) is 2.28. The number of hydrogen-bond acceptors (Lipinski definition) is 4. The molecule has 23 heavy (non-hydrogen) atoms. The first-order valence-electron chi connectivity index (χ1n) is 7.29. The van der Waals surface area contributed by atoms with Crippen LogP contribution < -0.4 is 3.58 Å². The number of benzene rings is 1. The maximum atomic E-state index is 10.8. The van der Waals surface area contributed by atoms with Gasteiger partial charge in [0.15, 0.2) is 0 Å². The minimum atomic E-state index is -1.12. The summed E-state index contributed by atoms with van der Waals surface area (Å²) in [5.41, 5.74) is 0. The van der Waals surface area contributed by atoms with Crippen LogP contribution in [0.1, 0.15) is 38.5 Å². The average molecular weight is 429 g/mol. The Labute approximate surface area is 146 Å². The first kappa shape index (κ1) is 21.4. The van der Waals surface area contributed by atoms with Gasteiger partial charge in [-0.3, -0.25) is 9.59 Å². The topological polar surface area (TPSA) is 101 Å². The number of carbonyl (C=O) groups excluding carboxylic acids is 1. The Kier molecular flexibility index (Phi) is 13.1. The van der Waals surface area contributed by atoms with E-state index in [9.17, 15) is 14.4 Å². The van der Waals surface area contributed by atoms with E-state index in [-0.39, 0.29) is 16.8 Å². The van der Waals surface area contributed by atoms with Gasteiger partial charge in [-0.15, -0.1) is 0 Å². The zero-order valence-electron chi connectivity index (χ0n) is 13.2. The number of ether oxygens (including phenoxy) is 1. The van der Waals surface area contributed by atoms with Crippen molar-refractivity contribution in [2.45, 2.75) is 38.5 Å². The molecular weight excluding hydrogens is 407 g/mol. The summed E-state index contributed by atoms with van der Waals surface area (Å²) < 4.78 is 5.72. The minimum Gasteiger partial charge on any atom is -0.481 e. The maximum Gasteiger partial charge on any atom is 0.303 e. The van der Waals surface area contributed by atoms with Gasteiger partial charge >= 0.3 is 87.6 Å². The number of carboxylic acid groups (broad SMARTS) is 2. The second-order valence-electron chi connectivity index (χ2n) is 4.68. The van der Waals surface area contributed by atoms with Crippen molar-refractivity contribution in [1.82, 2.24) is 0 Å². The second-order valence-corrected chi connectivity index (χ2v) is 8.21. The van der Waals surface area contributed by atoms with Crippen molar-refractivity contribution in [2.75, 3.05) is 7.11 Å². The molecule has 0 unspecified atom stereocenters. The summed E-state index contributed by atoms with van der Waals surface area (Å²) in [6.45, 7) is 0. The third-order valence-electron chi connectivity index (χ3n) is 2.74. The van der Waals surface area contributed by atoms with Crippen LogP contribution >= 0.6 is 0 Å². The van der Waals surface area contributed by atoms with Crippen LogP contribution in [0.25, 0.3) is 0 Å². The van der Waals surface area contributed by atoms with Crippen molar-refractivity contribution < 1.29 is 29.3 Å². The molecule has 0 aliphatic rings. The molecule has 2 radical (unpaired) electrons. The number of rotatable bonds is 9. The number of carbonyl (C=O) groups is 3. The first-order chi connectivity index (χ1) is 11.0. The molecule has 2 N–H and O–H groups in total. The van der Waals surface area contributed by atoms with E-state index in [2.05, 4.69) is 4.74 Å². The molecule has 0 aromatic heterocycles. The van der Waals surface area contributed by atoms with Gasteiger partial charge in [0.1, 0.15) is 0 Å². The standard InChI is InChI=1S/C8H14O4.C6H5.C2H3O2.Sn/c9-7(10)5-3-1-2-4-6-8(11)12;1-2-4-6-5-3-1;1-4-2-3;/h1-6H2,(H,9,10)(H,11,12);1-5H;1H3;. The average Bonchev–Trinajstić information content (AvgIpc) is 2.51. The summed E-state index contributed by atoms with van der Waals surface area (Å²) in [6, 6.07) is 9.78. The molecular formula is C16H22O6Sn. The summed E-state index contributed by atoms with van der Waals surface area (Å²) in [7, 11) is 1.44. The van der Waals surface area contributed by atoms with E-state index < -0.39 is 33.1 Å². The molecule has 0 heterocycles. The number of carboxylic acids is 2. The number of aliphatic carboxylic acids is 2. The fourth-order valence-electron chi connectivity index (χ4n) is 1.60. The normalized spacial score (nSPS) is 9.43. The monoisotopic (exact) mass is 430 g/mol. The van der Waals surface area contributed by atoms with E-state index in [4.69, 9.17) is 10.2 Å². The Morgan fingerprint density at radius 1 is 0.913 bits per heavy atom. The first-order valence-corrected chi connectivity index (χ1v) is 10.1. The maximum absolute atomic E-state index is 10.8. The van der Waals surface area contributed by atoms with Crippen molar-refractivity contribution in [3.8, 4) is 0 Å². The molecule has 0 aliphatic heterocycles. The molecule has 1 aromatic rings. The van der Waals surface area contributed by atoms with Crippen LogP contribution in [-0.2, 0) is 14.3 Å². The molecule has 1 aromatic carbocycles. The van der Waals surface area contributed by atoms with Gasteiger partial charge in [0.05, 0.1) is 0 Å². The van der Waals surface area contributed by atoms with Gasteiger partial charge in [-0.25, -0.2) is 0 Å². The van der Waals surface area contributed by atoms with Gasteiger partial charge in [0.2, 0.25) is 0 Å². The van der Waals surface area contributed by atoms with Gasteiger partial charge in [-0.1, -0.05) is 12.8 Å². The fraction of sp³-hybridized carbons (Fsp3) is 0.438. The molecule has 0 saturated heterocycles. The molecule has 126 valence electrons. The van der Waals surface area contributed by atoms with Gasteiger partial charge in [0, 0.05) is 12.8 Å². The summed E-state index contributed by atoms with van der Waals surface area (Å²) in [5, 5.41) is 16.5. The van der Waals surface area contributed by atoms with Crippen LogP contribution in [0.4, 0.5) is 4.79 Å². The largest absolute Gasteiger partial charge is 0.481 e. The Bertz CT molecular complexity index is 457. The minimum absolute atomic E-state index is 0.0280. The fourth-order valence-corrected chi connectivity index (χ4v) is 3.59. The molecule has 6 nitrogen and oxygen atoms in total. The zero-order chi connectivity index (χ0) is 17.5. The van der Waals surface area contributed by atoms with Crippen LogP contribution in [0.2, 0.25) is 0 Å². The molecule has 0 fully saturated rings. The molecule has 0 amide bonds. The molecule has 0 bridgehead atoms. The summed E-state index contributed by atoms with van der Waals surface area (Å²) in [5.74, 6) is -1.57. The third kappa shape index (κ3) is 15.1. The van der Waals surface area contributed by atoms with Crippen LogP contribution in [0.15, 0.2) is 30.3 Å². The molecule has 0 spiro atoms. The van der Waals surface area contributed by atoms with Gasteiger partial charge in [0.25, 0.3) is 0 Å². The van der Waals surface area contributed by atoms with E-state index >= 15 is 0 Å². The Morgan fingerprint density at radius 2 is 1.39 bits per heavy atom. The van der Waals surface area contributed by atoms with Crippen LogP contribution in [0.3, 0.4) is 0 Å². The Hall–Kier alpha value is -1.57. The summed E-state index contributed by atoms with van der Waals surface area (Å²) >= 11 is -1.12. The molecule has 0 atom stereocenters. The Balaban J connectivity index is 0.000000422. The van der Waals surface area contributed by atoms with Crippen LogP contribution in [0, 0.1) is 0 Å². The molecule has 0 saturated carbocycles. The predicted molar refractivity (Wildman–Crippen MR) is 87.2 cm³/mol. The number of unbranched alkanes of at least 4 members (excludes halogenated alkanes) is 3. The van der Waals surface area contributed by atoms with E-state index in [1.807, 2.05) is 30.3 Å². The summed E-state index contributed by atoms with van der Waals surface area (Å²) in [6.07, 6.45) is 3.28. The third-order valence-corrected chi connectivity index (χ3v) is 5.68. The molecule has 0 aliphatic carbocycles. The van der Waals surface area contributed by atoms with Gasteiger partial charge in [-0.05, 0) is 12.8 Å². The van der Waals surface area contributed by atoms with Gasteiger partial charge in [-0.2, -0.15) is 0 Å². The van der Waals surface area contributed by atoms with Crippen molar-refractivity contribution in [2.24, 2.45) is 0 Å². The number of hydrogen-bond donors (Lipinski definition) is 2. The van der Waals surface area contributed by atoms with E-state index in [1.54, 1.807) is 0 Å². The molecule has 7 heteroatoms. The van der Waals surface area contributed by atoms with E-state index in [0.29, 0.717) is 12.8 Å². The summed E-state index contributed by atoms with van der Waals surface area (Å²) in [4.78, 5) is 30.9. The zero-order valence-corrected chi connectivity index (χ0v) is 16.0. The van der Waals surface area contributed by atoms with E-state index in [0.717, 1.165) is 16.4 Å². The van der Waals surface area contributed by atoms with Crippen molar-refractivity contribution in [1.29, 1.82) is 0 Å². The Morgan fingerprint density at radius 3 is 1.78 bits per heavy atom. The van der Waals surface area contributed by atoms with Crippen LogP contribution in [-0.4, -0.2) is 54.4 Å². The number of methoxy groups -OCH3 is 1. The smallest absolute Gasteiger partial charge is 0.303 e. The quantitative estimate of drug-likeness (QED) is 0.462. The van der Waals surface area contributed by atoms with Crippen molar-refractivity contribution in [3.05, 3.63) is 30.3 Å². The van der Waals surface area contributed by atoms with Crippen molar-refractivity contribution >= 4 is 40.6 Å².